The summed E-state index contributed by atoms with van der Waals surface area (Å²) in [6.07, 6.45) is 1.89. The van der Waals surface area contributed by atoms with E-state index in [1.807, 2.05) is 48.7 Å². The van der Waals surface area contributed by atoms with Gasteiger partial charge in [-0.3, -0.25) is 0 Å². The first-order valence-corrected chi connectivity index (χ1v) is 7.35. The number of nitrogens with zero attached hydrogens (tertiary/aromatic N) is 1. The van der Waals surface area contributed by atoms with Crippen molar-refractivity contribution < 1.29 is 4.74 Å². The molecule has 1 heterocycles. The zero-order valence-corrected chi connectivity index (χ0v) is 12.1. The van der Waals surface area contributed by atoms with Crippen molar-refractivity contribution in [3.8, 4) is 22.6 Å². The zero-order valence-electron chi connectivity index (χ0n) is 12.1. The Hall–Kier alpha value is -2.81. The average molecular weight is 283 g/mol. The maximum absolute atomic E-state index is 6.02. The molecule has 3 aromatic carbocycles. The van der Waals surface area contributed by atoms with E-state index in [0.717, 1.165) is 24.5 Å². The van der Waals surface area contributed by atoms with Crippen LogP contribution >= 0.6 is 0 Å². The standard InChI is InChI=1S/C19H14BNO/c1-2-5-14(6-3-1)15-9-11-16(12-10-15)22-19-8-4-7-18-17(19)13-21-20-18/h1-13,20H. The highest BCUT2D eigenvalue weighted by molar-refractivity contribution is 6.58. The van der Waals surface area contributed by atoms with Crippen LogP contribution in [0.25, 0.3) is 11.1 Å². The molecule has 0 radical (unpaired) electrons. The fraction of sp³-hybridized carbons (Fsp3) is 0. The second-order valence-electron chi connectivity index (χ2n) is 5.29. The Bertz CT molecular complexity index is 826. The summed E-state index contributed by atoms with van der Waals surface area (Å²) in [5.74, 6) is 1.71. The van der Waals surface area contributed by atoms with Gasteiger partial charge in [0.2, 0.25) is 0 Å². The molecule has 0 atom stereocenters. The molecule has 0 aliphatic carbocycles. The van der Waals surface area contributed by atoms with Crippen molar-refractivity contribution in [2.45, 2.75) is 0 Å². The number of benzene rings is 3. The molecule has 22 heavy (non-hydrogen) atoms. The first kappa shape index (κ1) is 12.9. The van der Waals surface area contributed by atoms with Crippen molar-refractivity contribution in [1.82, 2.24) is 0 Å². The molecule has 0 N–H and O–H groups in total. The monoisotopic (exact) mass is 283 g/mol. The Kier molecular flexibility index (Phi) is 3.24. The number of rotatable bonds is 3. The Labute approximate surface area is 130 Å². The lowest BCUT2D eigenvalue weighted by Gasteiger charge is -2.10. The lowest BCUT2D eigenvalue weighted by molar-refractivity contribution is 0.482. The van der Waals surface area contributed by atoms with Crippen molar-refractivity contribution in [2.24, 2.45) is 4.90 Å². The lowest BCUT2D eigenvalue weighted by Crippen LogP contribution is -2.11. The molecule has 1 aliphatic rings. The molecule has 2 nitrogen and oxygen atoms in total. The van der Waals surface area contributed by atoms with Crippen LogP contribution in [0.5, 0.6) is 11.5 Å². The highest BCUT2D eigenvalue weighted by Crippen LogP contribution is 2.27. The van der Waals surface area contributed by atoms with Crippen LogP contribution in [-0.4, -0.2) is 13.6 Å². The molecule has 0 bridgehead atoms. The van der Waals surface area contributed by atoms with Crippen LogP contribution in [0.4, 0.5) is 0 Å². The molecule has 0 unspecified atom stereocenters. The van der Waals surface area contributed by atoms with Crippen LogP contribution in [0.3, 0.4) is 0 Å². The number of hydrogen-bond donors (Lipinski definition) is 0. The molecule has 0 saturated carbocycles. The molecule has 3 aromatic rings. The van der Waals surface area contributed by atoms with E-state index in [0.29, 0.717) is 0 Å². The molecular weight excluding hydrogens is 269 g/mol. The van der Waals surface area contributed by atoms with Crippen LogP contribution in [0.15, 0.2) is 77.7 Å². The molecule has 0 spiro atoms. The van der Waals surface area contributed by atoms with Gasteiger partial charge in [0.25, 0.3) is 7.41 Å². The molecule has 0 aromatic heterocycles. The Morgan fingerprint density at radius 2 is 1.50 bits per heavy atom. The quantitative estimate of drug-likeness (QED) is 0.673. The molecule has 3 heteroatoms. The maximum Gasteiger partial charge on any atom is 0.295 e. The van der Waals surface area contributed by atoms with Crippen molar-refractivity contribution >= 4 is 19.1 Å². The lowest BCUT2D eigenvalue weighted by atomic mass is 9.84. The summed E-state index contributed by atoms with van der Waals surface area (Å²) < 4.78 is 6.02. The Morgan fingerprint density at radius 3 is 2.32 bits per heavy atom. The van der Waals surface area contributed by atoms with Crippen LogP contribution in [0.1, 0.15) is 5.56 Å². The molecule has 104 valence electrons. The number of ether oxygens (including phenoxy) is 1. The fourth-order valence-corrected chi connectivity index (χ4v) is 2.67. The number of fused-ring (bicyclic) bond motifs is 1. The second kappa shape index (κ2) is 5.53. The minimum atomic E-state index is 0.749. The van der Waals surface area contributed by atoms with Crippen molar-refractivity contribution in [3.63, 3.8) is 0 Å². The predicted molar refractivity (Wildman–Crippen MR) is 92.8 cm³/mol. The van der Waals surface area contributed by atoms with Gasteiger partial charge >= 0.3 is 0 Å². The van der Waals surface area contributed by atoms with E-state index in [9.17, 15) is 0 Å². The average Bonchev–Trinajstić information content (AvgIpc) is 3.06. The van der Waals surface area contributed by atoms with Gasteiger partial charge in [-0.1, -0.05) is 54.6 Å². The first-order chi connectivity index (χ1) is 10.9. The largest absolute Gasteiger partial charge is 0.457 e. The second-order valence-corrected chi connectivity index (χ2v) is 5.29. The molecule has 0 amide bonds. The Balaban J connectivity index is 1.60. The SMILES string of the molecule is B1N=Cc2c1cccc2Oc1ccc(-c2ccccc2)cc1. The molecule has 4 rings (SSSR count). The van der Waals surface area contributed by atoms with Gasteiger partial charge in [0.1, 0.15) is 11.5 Å². The predicted octanol–water partition coefficient (Wildman–Crippen LogP) is 3.56. The van der Waals surface area contributed by atoms with Gasteiger partial charge in [-0.15, -0.1) is 0 Å². The summed E-state index contributed by atoms with van der Waals surface area (Å²) in [7, 11) is 0.749. The van der Waals surface area contributed by atoms with E-state index in [2.05, 4.69) is 35.2 Å². The van der Waals surface area contributed by atoms with Gasteiger partial charge in [0.15, 0.2) is 0 Å². The van der Waals surface area contributed by atoms with Crippen molar-refractivity contribution in [3.05, 3.63) is 78.4 Å². The van der Waals surface area contributed by atoms with Gasteiger partial charge in [0, 0.05) is 11.8 Å². The van der Waals surface area contributed by atoms with E-state index < -0.39 is 0 Å². The molecular formula is C19H14BNO. The summed E-state index contributed by atoms with van der Waals surface area (Å²) >= 11 is 0. The number of hydrogen-bond acceptors (Lipinski definition) is 2. The molecule has 0 saturated heterocycles. The highest BCUT2D eigenvalue weighted by Gasteiger charge is 2.13. The molecule has 0 fully saturated rings. The summed E-state index contributed by atoms with van der Waals surface area (Å²) in [4.78, 5) is 4.30. The molecule has 1 aliphatic heterocycles. The van der Waals surface area contributed by atoms with E-state index >= 15 is 0 Å². The van der Waals surface area contributed by atoms with E-state index in [4.69, 9.17) is 4.74 Å². The van der Waals surface area contributed by atoms with Crippen molar-refractivity contribution in [2.75, 3.05) is 0 Å². The minimum absolute atomic E-state index is 0.749. The third-order valence-electron chi connectivity index (χ3n) is 3.83. The zero-order chi connectivity index (χ0) is 14.8. The summed E-state index contributed by atoms with van der Waals surface area (Å²) in [5, 5.41) is 0. The van der Waals surface area contributed by atoms with Crippen LogP contribution in [-0.2, 0) is 0 Å². The van der Waals surface area contributed by atoms with Gasteiger partial charge in [0.05, 0.1) is 0 Å². The fourth-order valence-electron chi connectivity index (χ4n) is 2.67. The van der Waals surface area contributed by atoms with Crippen LogP contribution in [0.2, 0.25) is 0 Å². The minimum Gasteiger partial charge on any atom is -0.457 e. The van der Waals surface area contributed by atoms with Gasteiger partial charge in [-0.05, 0) is 34.8 Å². The first-order valence-electron chi connectivity index (χ1n) is 7.35. The van der Waals surface area contributed by atoms with Crippen LogP contribution < -0.4 is 10.2 Å². The normalized spacial score (nSPS) is 11.8. The van der Waals surface area contributed by atoms with Crippen LogP contribution in [0, 0.1) is 0 Å². The van der Waals surface area contributed by atoms with Gasteiger partial charge in [-0.2, -0.15) is 0 Å². The maximum atomic E-state index is 6.02. The van der Waals surface area contributed by atoms with Gasteiger partial charge in [-0.25, -0.2) is 0 Å². The summed E-state index contributed by atoms with van der Waals surface area (Å²) in [5.41, 5.74) is 4.71. The highest BCUT2D eigenvalue weighted by atomic mass is 16.5. The van der Waals surface area contributed by atoms with E-state index in [-0.39, 0.29) is 0 Å². The third-order valence-corrected chi connectivity index (χ3v) is 3.83. The summed E-state index contributed by atoms with van der Waals surface area (Å²) in [6, 6.07) is 24.6. The smallest absolute Gasteiger partial charge is 0.295 e. The Morgan fingerprint density at radius 1 is 0.727 bits per heavy atom. The van der Waals surface area contributed by atoms with E-state index in [1.54, 1.807) is 0 Å². The summed E-state index contributed by atoms with van der Waals surface area (Å²) in [6.45, 7) is 0. The van der Waals surface area contributed by atoms with Crippen molar-refractivity contribution in [1.29, 1.82) is 0 Å². The third kappa shape index (κ3) is 2.42. The topological polar surface area (TPSA) is 21.6 Å². The van der Waals surface area contributed by atoms with E-state index in [1.165, 1.54) is 16.6 Å². The van der Waals surface area contributed by atoms with Gasteiger partial charge < -0.3 is 9.64 Å².